The van der Waals surface area contributed by atoms with E-state index in [9.17, 15) is 13.2 Å². The van der Waals surface area contributed by atoms with Gasteiger partial charge in [-0.2, -0.15) is 13.2 Å². The Hall–Kier alpha value is -1.60. The molecule has 1 fully saturated rings. The molecule has 0 bridgehead atoms. The first-order valence-corrected chi connectivity index (χ1v) is 6.50. The zero-order valence-electron chi connectivity index (χ0n) is 10.8. The van der Waals surface area contributed by atoms with Crippen LogP contribution in [0.1, 0.15) is 11.3 Å². The Kier molecular flexibility index (Phi) is 3.39. The third kappa shape index (κ3) is 2.64. The van der Waals surface area contributed by atoms with Crippen molar-refractivity contribution >= 4 is 5.65 Å². The van der Waals surface area contributed by atoms with Gasteiger partial charge in [0.05, 0.1) is 17.5 Å². The molecule has 2 aromatic rings. The number of nitrogens with one attached hydrogen (secondary N) is 1. The van der Waals surface area contributed by atoms with Crippen LogP contribution < -0.4 is 5.32 Å². The fraction of sp³-hybridized carbons (Fsp3) is 0.462. The van der Waals surface area contributed by atoms with E-state index >= 15 is 0 Å². The molecule has 1 saturated heterocycles. The molecule has 2 aromatic heterocycles. The van der Waals surface area contributed by atoms with Crippen LogP contribution in [0.15, 0.2) is 24.5 Å². The second-order valence-electron chi connectivity index (χ2n) is 4.92. The van der Waals surface area contributed by atoms with Crippen molar-refractivity contribution < 1.29 is 13.2 Å². The summed E-state index contributed by atoms with van der Waals surface area (Å²) in [5.74, 6) is 0. The highest BCUT2D eigenvalue weighted by molar-refractivity contribution is 5.42. The van der Waals surface area contributed by atoms with Crippen molar-refractivity contribution in [1.82, 2.24) is 19.6 Å². The molecule has 0 unspecified atom stereocenters. The highest BCUT2D eigenvalue weighted by Gasteiger charge is 2.31. The normalized spacial score (nSPS) is 17.8. The molecule has 0 amide bonds. The molecule has 20 heavy (non-hydrogen) atoms. The lowest BCUT2D eigenvalue weighted by atomic mass is 10.2. The van der Waals surface area contributed by atoms with E-state index < -0.39 is 11.7 Å². The third-order valence-electron chi connectivity index (χ3n) is 3.50. The van der Waals surface area contributed by atoms with E-state index in [0.29, 0.717) is 12.2 Å². The number of halogens is 3. The zero-order chi connectivity index (χ0) is 14.2. The minimum Gasteiger partial charge on any atom is -0.314 e. The number of hydrogen-bond acceptors (Lipinski definition) is 3. The van der Waals surface area contributed by atoms with Gasteiger partial charge in [-0.05, 0) is 12.1 Å². The van der Waals surface area contributed by atoms with Crippen molar-refractivity contribution in [3.8, 4) is 0 Å². The Balaban J connectivity index is 1.90. The van der Waals surface area contributed by atoms with Crippen LogP contribution in [0.4, 0.5) is 13.2 Å². The molecule has 0 aromatic carbocycles. The van der Waals surface area contributed by atoms with Crippen LogP contribution in [-0.4, -0.2) is 40.5 Å². The van der Waals surface area contributed by atoms with Crippen molar-refractivity contribution in [1.29, 1.82) is 0 Å². The number of aromatic nitrogens is 2. The van der Waals surface area contributed by atoms with Gasteiger partial charge in [0.25, 0.3) is 0 Å². The van der Waals surface area contributed by atoms with Crippen LogP contribution in [0.5, 0.6) is 0 Å². The smallest absolute Gasteiger partial charge is 0.314 e. The van der Waals surface area contributed by atoms with Gasteiger partial charge in [0.1, 0.15) is 5.65 Å². The van der Waals surface area contributed by atoms with Crippen LogP contribution >= 0.6 is 0 Å². The molecular formula is C13H15F3N4. The molecule has 7 heteroatoms. The van der Waals surface area contributed by atoms with Gasteiger partial charge >= 0.3 is 6.18 Å². The molecule has 1 aliphatic rings. The molecule has 0 saturated carbocycles. The van der Waals surface area contributed by atoms with Crippen LogP contribution in [-0.2, 0) is 12.7 Å². The summed E-state index contributed by atoms with van der Waals surface area (Å²) in [5.41, 5.74) is 0.681. The van der Waals surface area contributed by atoms with E-state index in [1.165, 1.54) is 10.5 Å². The second kappa shape index (κ2) is 5.06. The molecule has 0 radical (unpaired) electrons. The van der Waals surface area contributed by atoms with Crippen molar-refractivity contribution in [2.75, 3.05) is 26.2 Å². The van der Waals surface area contributed by atoms with Gasteiger partial charge in [0, 0.05) is 38.9 Å². The van der Waals surface area contributed by atoms with E-state index in [2.05, 4.69) is 15.2 Å². The Morgan fingerprint density at radius 3 is 2.65 bits per heavy atom. The van der Waals surface area contributed by atoms with Gasteiger partial charge in [-0.3, -0.25) is 4.90 Å². The van der Waals surface area contributed by atoms with Gasteiger partial charge in [-0.15, -0.1) is 0 Å². The summed E-state index contributed by atoms with van der Waals surface area (Å²) in [6.07, 6.45) is -1.55. The number of alkyl halides is 3. The first kappa shape index (κ1) is 13.4. The Bertz CT molecular complexity index is 599. The van der Waals surface area contributed by atoms with Crippen LogP contribution in [0.3, 0.4) is 0 Å². The summed E-state index contributed by atoms with van der Waals surface area (Å²) in [6.45, 7) is 4.22. The SMILES string of the molecule is FC(F)(F)c1ccc2ncc(CN3CCNCC3)n2c1. The summed E-state index contributed by atoms with van der Waals surface area (Å²) in [6, 6.07) is 2.47. The number of rotatable bonds is 2. The minimum atomic E-state index is -4.33. The van der Waals surface area contributed by atoms with Crippen LogP contribution in [0.2, 0.25) is 0 Å². The maximum Gasteiger partial charge on any atom is 0.417 e. The fourth-order valence-electron chi connectivity index (χ4n) is 2.41. The molecule has 0 spiro atoms. The number of fused-ring (bicyclic) bond motifs is 1. The molecule has 3 rings (SSSR count). The Labute approximate surface area is 114 Å². The number of imidazole rings is 1. The summed E-state index contributed by atoms with van der Waals surface area (Å²) in [4.78, 5) is 6.37. The monoisotopic (exact) mass is 284 g/mol. The fourth-order valence-corrected chi connectivity index (χ4v) is 2.41. The van der Waals surface area contributed by atoms with Gasteiger partial charge in [0.15, 0.2) is 0 Å². The maximum absolute atomic E-state index is 12.8. The van der Waals surface area contributed by atoms with Crippen molar-refractivity contribution in [2.24, 2.45) is 0 Å². The molecular weight excluding hydrogens is 269 g/mol. The predicted molar refractivity (Wildman–Crippen MR) is 68.3 cm³/mol. The van der Waals surface area contributed by atoms with E-state index in [0.717, 1.165) is 44.1 Å². The summed E-state index contributed by atoms with van der Waals surface area (Å²) in [7, 11) is 0. The van der Waals surface area contributed by atoms with Crippen molar-refractivity contribution in [2.45, 2.75) is 12.7 Å². The first-order chi connectivity index (χ1) is 9.54. The molecule has 0 aliphatic carbocycles. The number of hydrogen-bond donors (Lipinski definition) is 1. The average molecular weight is 284 g/mol. The molecule has 108 valence electrons. The predicted octanol–water partition coefficient (Wildman–Crippen LogP) is 1.76. The number of pyridine rings is 1. The lowest BCUT2D eigenvalue weighted by Gasteiger charge is -2.26. The molecule has 1 aliphatic heterocycles. The van der Waals surface area contributed by atoms with Gasteiger partial charge in [-0.25, -0.2) is 4.98 Å². The van der Waals surface area contributed by atoms with E-state index in [4.69, 9.17) is 0 Å². The Morgan fingerprint density at radius 1 is 1.20 bits per heavy atom. The lowest BCUT2D eigenvalue weighted by molar-refractivity contribution is -0.137. The van der Waals surface area contributed by atoms with E-state index in [-0.39, 0.29) is 0 Å². The Morgan fingerprint density at radius 2 is 1.95 bits per heavy atom. The largest absolute Gasteiger partial charge is 0.417 e. The second-order valence-corrected chi connectivity index (χ2v) is 4.92. The lowest BCUT2D eigenvalue weighted by Crippen LogP contribution is -2.43. The van der Waals surface area contributed by atoms with Crippen LogP contribution in [0.25, 0.3) is 5.65 Å². The van der Waals surface area contributed by atoms with E-state index in [1.807, 2.05) is 0 Å². The number of piperazine rings is 1. The molecule has 1 N–H and O–H groups in total. The molecule has 0 atom stereocenters. The van der Waals surface area contributed by atoms with Gasteiger partial charge < -0.3 is 9.72 Å². The minimum absolute atomic E-state index is 0.545. The summed E-state index contributed by atoms with van der Waals surface area (Å²) >= 11 is 0. The highest BCUT2D eigenvalue weighted by atomic mass is 19.4. The topological polar surface area (TPSA) is 32.6 Å². The van der Waals surface area contributed by atoms with Gasteiger partial charge in [0.2, 0.25) is 0 Å². The van der Waals surface area contributed by atoms with Gasteiger partial charge in [-0.1, -0.05) is 0 Å². The summed E-state index contributed by atoms with van der Waals surface area (Å²) < 4.78 is 39.8. The van der Waals surface area contributed by atoms with Crippen molar-refractivity contribution in [3.63, 3.8) is 0 Å². The average Bonchev–Trinajstić information content (AvgIpc) is 2.82. The molecule has 4 nitrogen and oxygen atoms in total. The van der Waals surface area contributed by atoms with E-state index in [1.54, 1.807) is 6.20 Å². The standard InChI is InChI=1S/C13H15F3N4/c14-13(15,16)10-1-2-12-18-7-11(20(12)8-10)9-19-5-3-17-4-6-19/h1-2,7-8,17H,3-6,9H2. The highest BCUT2D eigenvalue weighted by Crippen LogP contribution is 2.29. The molecule has 3 heterocycles. The van der Waals surface area contributed by atoms with Crippen LogP contribution in [0, 0.1) is 0 Å². The summed E-state index contributed by atoms with van der Waals surface area (Å²) in [5, 5.41) is 3.25. The zero-order valence-corrected chi connectivity index (χ0v) is 10.8. The first-order valence-electron chi connectivity index (χ1n) is 6.50. The third-order valence-corrected chi connectivity index (χ3v) is 3.50. The maximum atomic E-state index is 12.8. The van der Waals surface area contributed by atoms with Crippen molar-refractivity contribution in [3.05, 3.63) is 35.8 Å². The quantitative estimate of drug-likeness (QED) is 0.912. The number of nitrogens with zero attached hydrogens (tertiary/aromatic N) is 3.